The zero-order valence-electron chi connectivity index (χ0n) is 13.5. The molecule has 2 N–H and O–H groups in total. The summed E-state index contributed by atoms with van der Waals surface area (Å²) >= 11 is 5.98. The number of carbonyl (C=O) groups is 1. The zero-order valence-corrected chi connectivity index (χ0v) is 14.3. The van der Waals surface area contributed by atoms with Gasteiger partial charge in [-0.2, -0.15) is 0 Å². The van der Waals surface area contributed by atoms with E-state index in [2.05, 4.69) is 25.6 Å². The molecule has 0 radical (unpaired) electrons. The smallest absolute Gasteiger partial charge is 0.270 e. The lowest BCUT2D eigenvalue weighted by molar-refractivity contribution is 0.0945. The predicted molar refractivity (Wildman–Crippen MR) is 96.9 cm³/mol. The Bertz CT molecular complexity index is 886. The van der Waals surface area contributed by atoms with Gasteiger partial charge in [-0.25, -0.2) is 9.97 Å². The highest BCUT2D eigenvalue weighted by Gasteiger charge is 2.11. The monoisotopic (exact) mass is 353 g/mol. The van der Waals surface area contributed by atoms with Crippen LogP contribution in [0, 0.1) is 6.92 Å². The van der Waals surface area contributed by atoms with Gasteiger partial charge in [0.2, 0.25) is 0 Å². The van der Waals surface area contributed by atoms with Crippen LogP contribution in [0.1, 0.15) is 21.9 Å². The third-order valence-electron chi connectivity index (χ3n) is 3.34. The van der Waals surface area contributed by atoms with Crippen LogP contribution in [0.5, 0.6) is 0 Å². The number of halogens is 1. The minimum Gasteiger partial charge on any atom is -0.347 e. The summed E-state index contributed by atoms with van der Waals surface area (Å²) in [6.07, 6.45) is 3.39. The van der Waals surface area contributed by atoms with Crippen LogP contribution < -0.4 is 10.6 Å². The number of amides is 1. The van der Waals surface area contributed by atoms with Gasteiger partial charge in [0.15, 0.2) is 0 Å². The van der Waals surface area contributed by atoms with Crippen molar-refractivity contribution >= 4 is 29.0 Å². The van der Waals surface area contributed by atoms with Crippen molar-refractivity contribution in [2.75, 3.05) is 5.32 Å². The van der Waals surface area contributed by atoms with Crippen molar-refractivity contribution in [2.24, 2.45) is 0 Å². The van der Waals surface area contributed by atoms with Gasteiger partial charge in [0.25, 0.3) is 5.91 Å². The Balaban J connectivity index is 1.73. The summed E-state index contributed by atoms with van der Waals surface area (Å²) in [5.74, 6) is 0.753. The van der Waals surface area contributed by atoms with Gasteiger partial charge in [-0.05, 0) is 36.8 Å². The first-order chi connectivity index (χ1) is 12.1. The highest BCUT2D eigenvalue weighted by molar-refractivity contribution is 6.30. The first kappa shape index (κ1) is 16.9. The number of pyridine rings is 1. The third-order valence-corrected chi connectivity index (χ3v) is 3.58. The molecule has 0 aliphatic heterocycles. The van der Waals surface area contributed by atoms with Crippen molar-refractivity contribution in [1.82, 2.24) is 20.3 Å². The maximum Gasteiger partial charge on any atom is 0.270 e. The van der Waals surface area contributed by atoms with E-state index in [0.29, 0.717) is 28.9 Å². The molecule has 2 heterocycles. The van der Waals surface area contributed by atoms with Crippen molar-refractivity contribution in [1.29, 1.82) is 0 Å². The van der Waals surface area contributed by atoms with E-state index in [-0.39, 0.29) is 5.91 Å². The molecule has 3 rings (SSSR count). The largest absolute Gasteiger partial charge is 0.347 e. The highest BCUT2D eigenvalue weighted by Crippen LogP contribution is 2.19. The maximum absolute atomic E-state index is 12.4. The van der Waals surface area contributed by atoms with Gasteiger partial charge in [0.1, 0.15) is 17.3 Å². The molecule has 0 fully saturated rings. The Hall–Kier alpha value is -2.99. The summed E-state index contributed by atoms with van der Waals surface area (Å²) in [4.78, 5) is 24.9. The second kappa shape index (κ2) is 7.72. The third kappa shape index (κ3) is 4.74. The number of anilines is 2. The molecule has 7 heteroatoms. The fraction of sp³-hybridized carbons (Fsp3) is 0.111. The number of nitrogens with one attached hydrogen (secondary N) is 2. The Morgan fingerprint density at radius 2 is 2.04 bits per heavy atom. The lowest BCUT2D eigenvalue weighted by atomic mass is 10.2. The van der Waals surface area contributed by atoms with Crippen LogP contribution in [0.4, 0.5) is 11.5 Å². The van der Waals surface area contributed by atoms with Crippen molar-refractivity contribution in [3.8, 4) is 0 Å². The van der Waals surface area contributed by atoms with E-state index >= 15 is 0 Å². The second-order valence-corrected chi connectivity index (χ2v) is 5.80. The normalized spacial score (nSPS) is 10.3. The first-order valence-corrected chi connectivity index (χ1v) is 8.03. The molecule has 0 bridgehead atoms. The molecular formula is C18H16ClN5O. The fourth-order valence-electron chi connectivity index (χ4n) is 2.24. The molecule has 0 atom stereocenters. The number of carbonyl (C=O) groups excluding carboxylic acids is 1. The number of rotatable bonds is 5. The summed E-state index contributed by atoms with van der Waals surface area (Å²) in [6.45, 7) is 2.12. The number of aryl methyl sites for hydroxylation is 1. The standard InChI is InChI=1S/C18H16ClN5O/c1-12-22-16(18(25)21-11-13-4-3-7-20-10-13)9-17(23-12)24-15-6-2-5-14(19)8-15/h2-10H,11H2,1H3,(H,21,25)(H,22,23,24). The van der Waals surface area contributed by atoms with Gasteiger partial charge in [0, 0.05) is 35.7 Å². The molecule has 1 aromatic carbocycles. The van der Waals surface area contributed by atoms with E-state index in [0.717, 1.165) is 11.3 Å². The lowest BCUT2D eigenvalue weighted by Crippen LogP contribution is -2.24. The molecule has 0 saturated heterocycles. The van der Waals surface area contributed by atoms with E-state index in [1.807, 2.05) is 24.3 Å². The Kier molecular flexibility index (Phi) is 5.20. The highest BCUT2D eigenvalue weighted by atomic mass is 35.5. The van der Waals surface area contributed by atoms with Crippen LogP contribution in [-0.4, -0.2) is 20.9 Å². The molecule has 3 aromatic rings. The van der Waals surface area contributed by atoms with Crippen LogP contribution in [0.25, 0.3) is 0 Å². The van der Waals surface area contributed by atoms with E-state index in [4.69, 9.17) is 11.6 Å². The summed E-state index contributed by atoms with van der Waals surface area (Å²) < 4.78 is 0. The van der Waals surface area contributed by atoms with Gasteiger partial charge < -0.3 is 10.6 Å². The number of hydrogen-bond acceptors (Lipinski definition) is 5. The molecule has 0 saturated carbocycles. The average molecular weight is 354 g/mol. The van der Waals surface area contributed by atoms with Crippen molar-refractivity contribution in [3.63, 3.8) is 0 Å². The molecule has 25 heavy (non-hydrogen) atoms. The lowest BCUT2D eigenvalue weighted by Gasteiger charge is -2.09. The number of hydrogen-bond donors (Lipinski definition) is 2. The van der Waals surface area contributed by atoms with Gasteiger partial charge in [-0.15, -0.1) is 0 Å². The quantitative estimate of drug-likeness (QED) is 0.733. The van der Waals surface area contributed by atoms with Gasteiger partial charge in [0.05, 0.1) is 0 Å². The SMILES string of the molecule is Cc1nc(Nc2cccc(Cl)c2)cc(C(=O)NCc2cccnc2)n1. The first-order valence-electron chi connectivity index (χ1n) is 7.65. The molecule has 0 aliphatic rings. The Morgan fingerprint density at radius 3 is 2.80 bits per heavy atom. The van der Waals surface area contributed by atoms with Crippen molar-refractivity contribution in [3.05, 3.63) is 77.0 Å². The summed E-state index contributed by atoms with van der Waals surface area (Å²) in [6, 6.07) is 12.6. The van der Waals surface area contributed by atoms with Gasteiger partial charge >= 0.3 is 0 Å². The van der Waals surface area contributed by atoms with Gasteiger partial charge in [-0.3, -0.25) is 9.78 Å². The second-order valence-electron chi connectivity index (χ2n) is 5.36. The number of aromatic nitrogens is 3. The zero-order chi connectivity index (χ0) is 17.6. The molecule has 2 aromatic heterocycles. The molecule has 1 amide bonds. The van der Waals surface area contributed by atoms with Crippen LogP contribution >= 0.6 is 11.6 Å². The van der Waals surface area contributed by atoms with E-state index in [1.54, 1.807) is 37.5 Å². The fourth-order valence-corrected chi connectivity index (χ4v) is 2.43. The molecule has 0 aliphatic carbocycles. The Labute approximate surface area is 150 Å². The van der Waals surface area contributed by atoms with Crippen LogP contribution in [0.3, 0.4) is 0 Å². The van der Waals surface area contributed by atoms with E-state index in [1.165, 1.54) is 0 Å². The van der Waals surface area contributed by atoms with E-state index in [9.17, 15) is 4.79 Å². The molecular weight excluding hydrogens is 338 g/mol. The number of benzene rings is 1. The van der Waals surface area contributed by atoms with Crippen LogP contribution in [0.2, 0.25) is 5.02 Å². The van der Waals surface area contributed by atoms with Gasteiger partial charge in [-0.1, -0.05) is 23.7 Å². The predicted octanol–water partition coefficient (Wildman–Crippen LogP) is 3.51. The topological polar surface area (TPSA) is 79.8 Å². The average Bonchev–Trinajstić information content (AvgIpc) is 2.60. The summed E-state index contributed by atoms with van der Waals surface area (Å²) in [5, 5.41) is 6.57. The van der Waals surface area contributed by atoms with Crippen molar-refractivity contribution in [2.45, 2.75) is 13.5 Å². The molecule has 0 spiro atoms. The van der Waals surface area contributed by atoms with Crippen LogP contribution in [-0.2, 0) is 6.54 Å². The number of nitrogens with zero attached hydrogens (tertiary/aromatic N) is 3. The summed E-state index contributed by atoms with van der Waals surface area (Å²) in [5.41, 5.74) is 1.99. The molecule has 6 nitrogen and oxygen atoms in total. The summed E-state index contributed by atoms with van der Waals surface area (Å²) in [7, 11) is 0. The molecule has 126 valence electrons. The van der Waals surface area contributed by atoms with Crippen LogP contribution in [0.15, 0.2) is 54.9 Å². The molecule has 0 unspecified atom stereocenters. The Morgan fingerprint density at radius 1 is 1.16 bits per heavy atom. The van der Waals surface area contributed by atoms with E-state index < -0.39 is 0 Å². The van der Waals surface area contributed by atoms with Crippen molar-refractivity contribution < 1.29 is 4.79 Å². The maximum atomic E-state index is 12.4. The minimum absolute atomic E-state index is 0.275. The minimum atomic E-state index is -0.275.